The van der Waals surface area contributed by atoms with Crippen LogP contribution in [0.3, 0.4) is 0 Å². The van der Waals surface area contributed by atoms with Crippen LogP contribution < -0.4 is 16.3 Å². The number of nitrogens with one attached hydrogen (secondary N) is 3. The van der Waals surface area contributed by atoms with E-state index in [-0.39, 0.29) is 11.5 Å². The van der Waals surface area contributed by atoms with Gasteiger partial charge in [-0.2, -0.15) is 0 Å². The number of benzene rings is 2. The fraction of sp³-hybridized carbons (Fsp3) is 0.136. The molecule has 3 N–H and O–H groups in total. The van der Waals surface area contributed by atoms with Gasteiger partial charge in [0, 0.05) is 30.4 Å². The summed E-state index contributed by atoms with van der Waals surface area (Å²) in [7, 11) is 0. The molecule has 2 aromatic carbocycles. The molecule has 158 valence electrons. The third-order valence-corrected chi connectivity index (χ3v) is 4.66. The molecule has 0 aliphatic heterocycles. The van der Waals surface area contributed by atoms with Crippen molar-refractivity contribution in [3.63, 3.8) is 0 Å². The summed E-state index contributed by atoms with van der Waals surface area (Å²) in [5.74, 6) is 0.0598. The van der Waals surface area contributed by atoms with Crippen molar-refractivity contribution >= 4 is 11.7 Å². The van der Waals surface area contributed by atoms with Crippen LogP contribution in [0.1, 0.15) is 11.4 Å². The van der Waals surface area contributed by atoms with Gasteiger partial charge < -0.3 is 20.0 Å². The summed E-state index contributed by atoms with van der Waals surface area (Å²) in [6, 6.07) is 12.5. The Bertz CT molecular complexity index is 1260. The number of halogens is 1. The molecule has 4 rings (SSSR count). The van der Waals surface area contributed by atoms with Gasteiger partial charge in [-0.3, -0.25) is 4.57 Å². The van der Waals surface area contributed by atoms with E-state index in [9.17, 15) is 14.0 Å². The van der Waals surface area contributed by atoms with Crippen LogP contribution >= 0.6 is 0 Å². The lowest BCUT2D eigenvalue weighted by Crippen LogP contribution is -2.31. The molecule has 0 saturated heterocycles. The van der Waals surface area contributed by atoms with Gasteiger partial charge in [0.1, 0.15) is 12.1 Å². The van der Waals surface area contributed by atoms with Crippen molar-refractivity contribution in [1.82, 2.24) is 19.9 Å². The van der Waals surface area contributed by atoms with Crippen LogP contribution in [0.4, 0.5) is 14.9 Å². The van der Waals surface area contributed by atoms with E-state index in [1.54, 1.807) is 49.5 Å². The standard InChI is InChI=1S/C22H20FN5O3/c1-14-12-25-22(30)28(14)19-5-3-2-4-18(19)27-21(29)24-11-10-17-13-31-20(26-17)15-6-8-16(23)9-7-15/h2-9,12-13H,10-11H2,1H3,(H,25,30)(H2,24,27,29). The monoisotopic (exact) mass is 421 g/mol. The van der Waals surface area contributed by atoms with E-state index in [0.29, 0.717) is 41.5 Å². The second-order valence-corrected chi connectivity index (χ2v) is 6.87. The highest BCUT2D eigenvalue weighted by Crippen LogP contribution is 2.20. The van der Waals surface area contributed by atoms with Gasteiger partial charge in [-0.1, -0.05) is 12.1 Å². The molecule has 0 aliphatic carbocycles. The second kappa shape index (κ2) is 8.70. The molecule has 0 atom stereocenters. The lowest BCUT2D eigenvalue weighted by molar-refractivity contribution is 0.252. The van der Waals surface area contributed by atoms with Crippen LogP contribution in [0.15, 0.2) is 70.2 Å². The zero-order chi connectivity index (χ0) is 21.8. The van der Waals surface area contributed by atoms with Crippen LogP contribution in [0, 0.1) is 12.7 Å². The van der Waals surface area contributed by atoms with Crippen molar-refractivity contribution in [1.29, 1.82) is 0 Å². The van der Waals surface area contributed by atoms with E-state index < -0.39 is 6.03 Å². The molecule has 0 saturated carbocycles. The molecule has 8 nitrogen and oxygen atoms in total. The largest absolute Gasteiger partial charge is 0.444 e. The van der Waals surface area contributed by atoms with Crippen LogP contribution in [0.5, 0.6) is 0 Å². The Labute approximate surface area is 176 Å². The number of carbonyl (C=O) groups excluding carboxylic acids is 1. The predicted octanol–water partition coefficient (Wildman–Crippen LogP) is 3.63. The molecule has 31 heavy (non-hydrogen) atoms. The second-order valence-electron chi connectivity index (χ2n) is 6.87. The first-order valence-electron chi connectivity index (χ1n) is 9.63. The summed E-state index contributed by atoms with van der Waals surface area (Å²) >= 11 is 0. The number of hydrogen-bond acceptors (Lipinski definition) is 4. The zero-order valence-electron chi connectivity index (χ0n) is 16.7. The fourth-order valence-corrected chi connectivity index (χ4v) is 3.15. The highest BCUT2D eigenvalue weighted by atomic mass is 19.1. The number of anilines is 1. The van der Waals surface area contributed by atoms with Gasteiger partial charge in [0.2, 0.25) is 5.89 Å². The lowest BCUT2D eigenvalue weighted by Gasteiger charge is -2.13. The molecule has 0 fully saturated rings. The molecule has 0 unspecified atom stereocenters. The number of nitrogens with zero attached hydrogens (tertiary/aromatic N) is 2. The van der Waals surface area contributed by atoms with Gasteiger partial charge in [0.05, 0.1) is 17.1 Å². The minimum Gasteiger partial charge on any atom is -0.444 e. The molecule has 0 aliphatic rings. The summed E-state index contributed by atoms with van der Waals surface area (Å²) in [5, 5.41) is 5.53. The lowest BCUT2D eigenvalue weighted by atomic mass is 10.2. The number of urea groups is 1. The highest BCUT2D eigenvalue weighted by molar-refractivity contribution is 5.91. The van der Waals surface area contributed by atoms with Crippen molar-refractivity contribution in [2.24, 2.45) is 0 Å². The molecule has 2 aromatic heterocycles. The van der Waals surface area contributed by atoms with Crippen molar-refractivity contribution in [2.75, 3.05) is 11.9 Å². The Kier molecular flexibility index (Phi) is 5.65. The molecule has 0 radical (unpaired) electrons. The Hall–Kier alpha value is -4.14. The van der Waals surface area contributed by atoms with Crippen molar-refractivity contribution in [2.45, 2.75) is 13.3 Å². The normalized spacial score (nSPS) is 10.8. The SMILES string of the molecule is Cc1c[nH]c(=O)n1-c1ccccc1NC(=O)NCCc1coc(-c2ccc(F)cc2)n1. The number of oxazole rings is 1. The van der Waals surface area contributed by atoms with Crippen molar-refractivity contribution in [3.05, 3.63) is 88.7 Å². The fourth-order valence-electron chi connectivity index (χ4n) is 3.15. The Morgan fingerprint density at radius 1 is 1.19 bits per heavy atom. The molecule has 0 bridgehead atoms. The molecule has 4 aromatic rings. The number of amides is 2. The third-order valence-electron chi connectivity index (χ3n) is 4.66. The van der Waals surface area contributed by atoms with Gasteiger partial charge in [-0.25, -0.2) is 19.0 Å². The number of carbonyl (C=O) groups is 1. The van der Waals surface area contributed by atoms with Gasteiger partial charge >= 0.3 is 11.7 Å². The van der Waals surface area contributed by atoms with Crippen LogP contribution in [0.2, 0.25) is 0 Å². The molecule has 9 heteroatoms. The number of imidazole rings is 1. The van der Waals surface area contributed by atoms with Gasteiger partial charge in [-0.15, -0.1) is 0 Å². The summed E-state index contributed by atoms with van der Waals surface area (Å²) < 4.78 is 19.9. The maximum Gasteiger partial charge on any atom is 0.330 e. The Morgan fingerprint density at radius 2 is 1.97 bits per heavy atom. The van der Waals surface area contributed by atoms with E-state index in [1.165, 1.54) is 23.0 Å². The first-order chi connectivity index (χ1) is 15.0. The average Bonchev–Trinajstić information content (AvgIpc) is 3.36. The van der Waals surface area contributed by atoms with Crippen molar-refractivity contribution < 1.29 is 13.6 Å². The minimum atomic E-state index is -0.407. The first-order valence-corrected chi connectivity index (χ1v) is 9.63. The van der Waals surface area contributed by atoms with Crippen molar-refractivity contribution in [3.8, 4) is 17.1 Å². The van der Waals surface area contributed by atoms with E-state index in [4.69, 9.17) is 4.42 Å². The van der Waals surface area contributed by atoms with Gasteiger partial charge in [0.15, 0.2) is 0 Å². The minimum absolute atomic E-state index is 0.282. The quantitative estimate of drug-likeness (QED) is 0.442. The summed E-state index contributed by atoms with van der Waals surface area (Å²) in [6.45, 7) is 2.12. The number of aromatic amines is 1. The summed E-state index contributed by atoms with van der Waals surface area (Å²) in [5.41, 5.74) is 2.85. The smallest absolute Gasteiger partial charge is 0.330 e. The molecule has 2 amide bonds. The number of para-hydroxylation sites is 2. The topological polar surface area (TPSA) is 105 Å². The average molecular weight is 421 g/mol. The zero-order valence-corrected chi connectivity index (χ0v) is 16.7. The van der Waals surface area contributed by atoms with Crippen LogP contribution in [-0.2, 0) is 6.42 Å². The Morgan fingerprint density at radius 3 is 2.71 bits per heavy atom. The molecular formula is C22H20FN5O3. The number of aromatic nitrogens is 3. The maximum atomic E-state index is 13.0. The predicted molar refractivity (Wildman–Crippen MR) is 114 cm³/mol. The third kappa shape index (κ3) is 4.55. The van der Waals surface area contributed by atoms with E-state index in [0.717, 1.165) is 5.69 Å². The van der Waals surface area contributed by atoms with Gasteiger partial charge in [0.25, 0.3) is 0 Å². The van der Waals surface area contributed by atoms with E-state index >= 15 is 0 Å². The molecular weight excluding hydrogens is 401 g/mol. The number of aryl methyl sites for hydroxylation is 1. The molecule has 2 heterocycles. The van der Waals surface area contributed by atoms with Gasteiger partial charge in [-0.05, 0) is 43.3 Å². The van der Waals surface area contributed by atoms with E-state index in [1.807, 2.05) is 0 Å². The summed E-state index contributed by atoms with van der Waals surface area (Å²) in [6.07, 6.45) is 3.57. The highest BCUT2D eigenvalue weighted by Gasteiger charge is 2.12. The Balaban J connectivity index is 1.36. The van der Waals surface area contributed by atoms with E-state index in [2.05, 4.69) is 20.6 Å². The number of H-pyrrole nitrogens is 1. The number of rotatable bonds is 6. The summed E-state index contributed by atoms with van der Waals surface area (Å²) in [4.78, 5) is 31.4. The van der Waals surface area contributed by atoms with Crippen LogP contribution in [0.25, 0.3) is 17.1 Å². The number of hydrogen-bond donors (Lipinski definition) is 3. The molecule has 0 spiro atoms. The first kappa shape index (κ1) is 20.1. The maximum absolute atomic E-state index is 13.0. The van der Waals surface area contributed by atoms with Crippen LogP contribution in [-0.4, -0.2) is 27.1 Å².